The number of fused-ring (bicyclic) bond motifs is 1. The third-order valence-electron chi connectivity index (χ3n) is 6.88. The molecule has 2 unspecified atom stereocenters. The van der Waals surface area contributed by atoms with Crippen molar-refractivity contribution in [2.45, 2.75) is 55.5 Å². The van der Waals surface area contributed by atoms with Crippen molar-refractivity contribution >= 4 is 38.5 Å². The number of nitrogen functional groups attached to an aromatic ring is 1. The van der Waals surface area contributed by atoms with Crippen LogP contribution in [0.15, 0.2) is 36.7 Å². The highest BCUT2D eigenvalue weighted by molar-refractivity contribution is 7.61. The lowest BCUT2D eigenvalue weighted by molar-refractivity contribution is -0.115. The Bertz CT molecular complexity index is 1560. The summed E-state index contributed by atoms with van der Waals surface area (Å²) in [5.74, 6) is -0.658. The monoisotopic (exact) mass is 665 g/mol. The first kappa shape index (κ1) is 32.5. The summed E-state index contributed by atoms with van der Waals surface area (Å²) in [7, 11) is -10.7. The molecule has 23 heteroatoms. The molecular weight excluding hydrogens is 636 g/mol. The number of primary amides is 1. The van der Waals surface area contributed by atoms with E-state index in [4.69, 9.17) is 30.0 Å². The first-order chi connectivity index (χ1) is 20.7. The number of hydrogen-bond donors (Lipinski definition) is 8. The number of allylic oxidation sites excluding steroid dienone is 1. The molecule has 5 rings (SSSR count). The van der Waals surface area contributed by atoms with Gasteiger partial charge in [0, 0.05) is 18.0 Å². The first-order valence-corrected chi connectivity index (χ1v) is 15.7. The van der Waals surface area contributed by atoms with Gasteiger partial charge in [-0.2, -0.15) is 4.31 Å². The molecule has 0 spiro atoms. The highest BCUT2D eigenvalue weighted by atomic mass is 31.3. The average molecular weight is 665 g/mol. The van der Waals surface area contributed by atoms with Crippen molar-refractivity contribution < 1.29 is 67.0 Å². The highest BCUT2D eigenvalue weighted by Crippen LogP contribution is 2.60. The number of rotatable bonds is 11. The lowest BCUT2D eigenvalue weighted by Crippen LogP contribution is -2.40. The molecule has 3 aliphatic heterocycles. The summed E-state index contributed by atoms with van der Waals surface area (Å²) in [5.41, 5.74) is 11.6. The molecule has 10 N–H and O–H groups in total. The molecule has 242 valence electrons. The second-order valence-electron chi connectivity index (χ2n) is 9.84. The van der Waals surface area contributed by atoms with Gasteiger partial charge >= 0.3 is 15.6 Å². The van der Waals surface area contributed by atoms with Gasteiger partial charge in [-0.05, 0) is 6.42 Å². The summed E-state index contributed by atoms with van der Waals surface area (Å²) in [6.07, 6.45) is -4.88. The Morgan fingerprint density at radius 2 is 1.55 bits per heavy atom. The van der Waals surface area contributed by atoms with E-state index in [2.05, 4.69) is 19.3 Å². The van der Waals surface area contributed by atoms with Gasteiger partial charge in [-0.15, -0.1) is 0 Å². The number of anilines is 1. The molecule has 10 atom stereocenters. The molecule has 3 aliphatic rings. The number of carbonyl (C=O) groups excluding carboxylic acids is 1. The average Bonchev–Trinajstić information content (AvgIpc) is 3.61. The standard InChI is InChI=1S/C21H29N7O14P2/c22-17-12-19(25-7-24-17)28(8-26-12)21-16(32)14(30)11(41-21)6-39-44(36,37)42-43(34,35)38-5-10-13(29)15(31)20(40-10)27-3-1-2-9(4-27)18(23)33/h1,3-4,7-8,10-11,13-16,20-21,29-32H,2,5-6H2,(H2,23,33)(H,34,35)(H,36,37)(H2,22,24,25)/t10-,11-,13+,14-,15-,16-,20-,21+/m0/s1. The zero-order chi connectivity index (χ0) is 32.0. The number of nitrogens with zero attached hydrogens (tertiary/aromatic N) is 5. The fourth-order valence-electron chi connectivity index (χ4n) is 4.68. The van der Waals surface area contributed by atoms with Gasteiger partial charge in [-0.1, -0.05) is 6.08 Å². The Kier molecular flexibility index (Phi) is 9.23. The second kappa shape index (κ2) is 12.5. The number of aromatic nitrogens is 4. The smallest absolute Gasteiger partial charge is 0.387 e. The van der Waals surface area contributed by atoms with Crippen molar-refractivity contribution in [3.8, 4) is 0 Å². The van der Waals surface area contributed by atoms with Crippen molar-refractivity contribution in [1.29, 1.82) is 0 Å². The van der Waals surface area contributed by atoms with Crippen LogP contribution in [-0.2, 0) is 36.8 Å². The van der Waals surface area contributed by atoms with Crippen LogP contribution in [0.3, 0.4) is 0 Å². The summed E-state index contributed by atoms with van der Waals surface area (Å²) >= 11 is 0. The molecule has 2 saturated heterocycles. The Labute approximate surface area is 247 Å². The molecule has 0 saturated carbocycles. The van der Waals surface area contributed by atoms with E-state index in [1.807, 2.05) is 0 Å². The number of phosphoric acid groups is 2. The quantitative estimate of drug-likeness (QED) is 0.113. The number of ether oxygens (including phenoxy) is 2. The van der Waals surface area contributed by atoms with E-state index in [9.17, 15) is 44.1 Å². The van der Waals surface area contributed by atoms with E-state index in [0.29, 0.717) is 0 Å². The fraction of sp³-hybridized carbons (Fsp3) is 0.524. The minimum atomic E-state index is -5.37. The SMILES string of the molecule is NC(=O)C1=CN([C@H]2O[C@@H](COP(=O)(O)OP(=O)(O)OC[C@@H]3O[C@@H](n4cnc5c(N)ncnc54)[C@@H](O)[C@H]3O)[C@@H](O)[C@@H]2O)C=CC1. The van der Waals surface area contributed by atoms with Gasteiger partial charge < -0.3 is 56.1 Å². The van der Waals surface area contributed by atoms with Crippen LogP contribution < -0.4 is 11.5 Å². The van der Waals surface area contributed by atoms with Gasteiger partial charge in [0.05, 0.1) is 19.5 Å². The Morgan fingerprint density at radius 3 is 2.16 bits per heavy atom. The number of aliphatic hydroxyl groups is 4. The minimum absolute atomic E-state index is 0.0517. The van der Waals surface area contributed by atoms with E-state index >= 15 is 0 Å². The summed E-state index contributed by atoms with van der Waals surface area (Å²) in [6.45, 7) is -1.79. The number of amides is 1. The van der Waals surface area contributed by atoms with Crippen LogP contribution in [0.25, 0.3) is 11.2 Å². The molecule has 0 aromatic carbocycles. The number of aliphatic hydroxyl groups excluding tert-OH is 4. The number of hydrogen-bond acceptors (Lipinski definition) is 17. The summed E-state index contributed by atoms with van der Waals surface area (Å²) in [5, 5.41) is 41.6. The van der Waals surface area contributed by atoms with E-state index in [-0.39, 0.29) is 29.0 Å². The zero-order valence-corrected chi connectivity index (χ0v) is 24.2. The maximum Gasteiger partial charge on any atom is 0.481 e. The van der Waals surface area contributed by atoms with Gasteiger partial charge in [0.15, 0.2) is 23.9 Å². The van der Waals surface area contributed by atoms with E-state index < -0.39 is 83.8 Å². The van der Waals surface area contributed by atoms with Crippen LogP contribution in [0.1, 0.15) is 12.6 Å². The molecular formula is C21H29N7O14P2. The van der Waals surface area contributed by atoms with Crippen molar-refractivity contribution in [2.75, 3.05) is 18.9 Å². The molecule has 0 aliphatic carbocycles. The predicted molar refractivity (Wildman–Crippen MR) is 142 cm³/mol. The summed E-state index contributed by atoms with van der Waals surface area (Å²) in [6, 6.07) is 0. The molecule has 0 bridgehead atoms. The van der Waals surface area contributed by atoms with Gasteiger partial charge in [0.25, 0.3) is 0 Å². The third kappa shape index (κ3) is 6.70. The Morgan fingerprint density at radius 1 is 0.955 bits per heavy atom. The topological polar surface area (TPSA) is 318 Å². The van der Waals surface area contributed by atoms with Crippen LogP contribution in [0.4, 0.5) is 5.82 Å². The normalized spacial score (nSPS) is 33.3. The molecule has 5 heterocycles. The number of carbonyl (C=O) groups is 1. The number of nitrogens with two attached hydrogens (primary N) is 2. The van der Waals surface area contributed by atoms with Crippen LogP contribution in [0.2, 0.25) is 0 Å². The van der Waals surface area contributed by atoms with Crippen molar-refractivity contribution in [2.24, 2.45) is 5.73 Å². The summed E-state index contributed by atoms with van der Waals surface area (Å²) in [4.78, 5) is 44.6. The Hall–Kier alpha value is -2.88. The number of phosphoric ester groups is 2. The maximum absolute atomic E-state index is 12.4. The maximum atomic E-state index is 12.4. The summed E-state index contributed by atoms with van der Waals surface area (Å²) < 4.78 is 50.8. The molecule has 0 radical (unpaired) electrons. The molecule has 1 amide bonds. The van der Waals surface area contributed by atoms with E-state index in [1.54, 1.807) is 6.08 Å². The van der Waals surface area contributed by atoms with Crippen molar-refractivity contribution in [3.63, 3.8) is 0 Å². The van der Waals surface area contributed by atoms with Crippen molar-refractivity contribution in [1.82, 2.24) is 24.4 Å². The fourth-order valence-corrected chi connectivity index (χ4v) is 6.77. The predicted octanol–water partition coefficient (Wildman–Crippen LogP) is -2.69. The van der Waals surface area contributed by atoms with Crippen molar-refractivity contribution in [3.05, 3.63) is 36.7 Å². The van der Waals surface area contributed by atoms with E-state index in [1.165, 1.54) is 28.2 Å². The molecule has 44 heavy (non-hydrogen) atoms. The largest absolute Gasteiger partial charge is 0.481 e. The number of imidazole rings is 1. The van der Waals surface area contributed by atoms with Gasteiger partial charge in [-0.25, -0.2) is 24.1 Å². The molecule has 21 nitrogen and oxygen atoms in total. The van der Waals surface area contributed by atoms with Crippen LogP contribution in [0.5, 0.6) is 0 Å². The van der Waals surface area contributed by atoms with Crippen LogP contribution >= 0.6 is 15.6 Å². The molecule has 2 fully saturated rings. The van der Waals surface area contributed by atoms with Crippen LogP contribution in [0, 0.1) is 0 Å². The third-order valence-corrected chi connectivity index (χ3v) is 9.48. The van der Waals surface area contributed by atoms with Gasteiger partial charge in [-0.3, -0.25) is 18.4 Å². The second-order valence-corrected chi connectivity index (χ2v) is 12.9. The minimum Gasteiger partial charge on any atom is -0.387 e. The van der Waals surface area contributed by atoms with Gasteiger partial charge in [0.1, 0.15) is 48.5 Å². The van der Waals surface area contributed by atoms with Crippen LogP contribution in [-0.4, -0.2) is 117 Å². The first-order valence-electron chi connectivity index (χ1n) is 12.7. The lowest BCUT2D eigenvalue weighted by atomic mass is 10.1. The molecule has 2 aromatic rings. The van der Waals surface area contributed by atoms with E-state index in [0.717, 1.165) is 6.33 Å². The highest BCUT2D eigenvalue weighted by Gasteiger charge is 2.48. The Balaban J connectivity index is 1.15. The zero-order valence-electron chi connectivity index (χ0n) is 22.4. The lowest BCUT2D eigenvalue weighted by Gasteiger charge is -2.28. The molecule has 2 aromatic heterocycles. The van der Waals surface area contributed by atoms with Gasteiger partial charge in [0.2, 0.25) is 5.91 Å².